The summed E-state index contributed by atoms with van der Waals surface area (Å²) in [5, 5.41) is 0. The average Bonchev–Trinajstić information content (AvgIpc) is 2.30. The van der Waals surface area contributed by atoms with Gasteiger partial charge in [0.25, 0.3) is 0 Å². The molecule has 0 saturated carbocycles. The van der Waals surface area contributed by atoms with Crippen LogP contribution in [-0.2, 0) is 0 Å². The van der Waals surface area contributed by atoms with Gasteiger partial charge in [-0.1, -0.05) is 53.4 Å². The highest BCUT2D eigenvalue weighted by Gasteiger charge is 2.05. The fourth-order valence-corrected chi connectivity index (χ4v) is 2.02. The van der Waals surface area contributed by atoms with Crippen molar-refractivity contribution in [2.45, 2.75) is 72.6 Å². The molecule has 0 fully saturated rings. The van der Waals surface area contributed by atoms with Crippen LogP contribution in [0.3, 0.4) is 0 Å². The molecule has 0 aromatic rings. The largest absolute Gasteiger partial charge is 0.303 e. The van der Waals surface area contributed by atoms with E-state index in [1.165, 1.54) is 64.6 Å². The van der Waals surface area contributed by atoms with Gasteiger partial charge >= 0.3 is 0 Å². The molecule has 1 atom stereocenters. The van der Waals surface area contributed by atoms with E-state index in [0.717, 1.165) is 5.92 Å². The summed E-state index contributed by atoms with van der Waals surface area (Å²) in [6, 6.07) is 0. The second kappa shape index (κ2) is 11.4. The quantitative estimate of drug-likeness (QED) is 0.462. The summed E-state index contributed by atoms with van der Waals surface area (Å²) in [4.78, 5) is 2.67. The van der Waals surface area contributed by atoms with Crippen LogP contribution in [0.25, 0.3) is 0 Å². The van der Waals surface area contributed by atoms with Crippen LogP contribution in [0.15, 0.2) is 0 Å². The van der Waals surface area contributed by atoms with E-state index in [1.807, 2.05) is 0 Å². The monoisotopic (exact) mass is 227 g/mol. The van der Waals surface area contributed by atoms with Crippen molar-refractivity contribution in [2.24, 2.45) is 5.92 Å². The molecule has 1 heteroatoms. The van der Waals surface area contributed by atoms with Crippen molar-refractivity contribution in [1.82, 2.24) is 4.90 Å². The summed E-state index contributed by atoms with van der Waals surface area (Å²) < 4.78 is 0. The summed E-state index contributed by atoms with van der Waals surface area (Å²) in [5.41, 5.74) is 0. The van der Waals surface area contributed by atoms with Crippen molar-refractivity contribution in [3.05, 3.63) is 0 Å². The highest BCUT2D eigenvalue weighted by atomic mass is 15.1. The van der Waals surface area contributed by atoms with Gasteiger partial charge in [-0.25, -0.2) is 0 Å². The van der Waals surface area contributed by atoms with Crippen LogP contribution < -0.4 is 0 Å². The molecule has 0 aliphatic rings. The molecule has 0 spiro atoms. The molecule has 0 rings (SSSR count). The molecule has 0 radical (unpaired) electrons. The number of hydrogen-bond acceptors (Lipinski definition) is 1. The molecular formula is C15H33N. The third-order valence-corrected chi connectivity index (χ3v) is 3.50. The van der Waals surface area contributed by atoms with E-state index in [1.54, 1.807) is 0 Å². The van der Waals surface area contributed by atoms with Gasteiger partial charge in [-0.15, -0.1) is 0 Å². The summed E-state index contributed by atoms with van der Waals surface area (Å²) in [7, 11) is 0. The van der Waals surface area contributed by atoms with Crippen molar-refractivity contribution in [3.8, 4) is 0 Å². The van der Waals surface area contributed by atoms with Crippen molar-refractivity contribution in [2.75, 3.05) is 19.6 Å². The van der Waals surface area contributed by atoms with Crippen LogP contribution in [0.5, 0.6) is 0 Å². The fourth-order valence-electron chi connectivity index (χ4n) is 2.02. The SMILES string of the molecule is CCCCCCN(CCC)CCC(C)CC. The lowest BCUT2D eigenvalue weighted by atomic mass is 10.0. The van der Waals surface area contributed by atoms with Gasteiger partial charge in [0.15, 0.2) is 0 Å². The van der Waals surface area contributed by atoms with Crippen LogP contribution in [0.4, 0.5) is 0 Å². The van der Waals surface area contributed by atoms with Crippen LogP contribution in [-0.4, -0.2) is 24.5 Å². The van der Waals surface area contributed by atoms with Crippen LogP contribution in [0, 0.1) is 5.92 Å². The number of rotatable bonds is 11. The van der Waals surface area contributed by atoms with E-state index in [4.69, 9.17) is 0 Å². The normalized spacial score (nSPS) is 13.3. The van der Waals surface area contributed by atoms with Crippen LogP contribution in [0.2, 0.25) is 0 Å². The number of hydrogen-bond donors (Lipinski definition) is 0. The van der Waals surface area contributed by atoms with Crippen molar-refractivity contribution < 1.29 is 0 Å². The molecule has 16 heavy (non-hydrogen) atoms. The van der Waals surface area contributed by atoms with E-state index < -0.39 is 0 Å². The standard InChI is InChI=1S/C15H33N/c1-5-8-9-10-13-16(12-6-2)14-11-15(4)7-3/h15H,5-14H2,1-4H3. The molecule has 1 nitrogen and oxygen atoms in total. The van der Waals surface area contributed by atoms with Gasteiger partial charge in [0.05, 0.1) is 0 Å². The minimum absolute atomic E-state index is 0.898. The van der Waals surface area contributed by atoms with E-state index in [9.17, 15) is 0 Å². The van der Waals surface area contributed by atoms with E-state index in [2.05, 4.69) is 32.6 Å². The number of unbranched alkanes of at least 4 members (excludes halogenated alkanes) is 3. The van der Waals surface area contributed by atoms with Gasteiger partial charge < -0.3 is 4.90 Å². The van der Waals surface area contributed by atoms with Crippen molar-refractivity contribution in [3.63, 3.8) is 0 Å². The lowest BCUT2D eigenvalue weighted by Crippen LogP contribution is -2.28. The average molecular weight is 227 g/mol. The molecular weight excluding hydrogens is 194 g/mol. The lowest BCUT2D eigenvalue weighted by molar-refractivity contribution is 0.248. The van der Waals surface area contributed by atoms with Gasteiger partial charge in [-0.3, -0.25) is 0 Å². The zero-order valence-electron chi connectivity index (χ0n) is 12.1. The Balaban J connectivity index is 3.61. The zero-order valence-corrected chi connectivity index (χ0v) is 12.1. The zero-order chi connectivity index (χ0) is 12.2. The first kappa shape index (κ1) is 16.0. The lowest BCUT2D eigenvalue weighted by Gasteiger charge is -2.23. The Morgan fingerprint density at radius 2 is 1.56 bits per heavy atom. The van der Waals surface area contributed by atoms with Crippen LogP contribution in [0.1, 0.15) is 72.6 Å². The van der Waals surface area contributed by atoms with E-state index in [-0.39, 0.29) is 0 Å². The summed E-state index contributed by atoms with van der Waals surface area (Å²) in [5.74, 6) is 0.898. The van der Waals surface area contributed by atoms with Gasteiger partial charge in [0.1, 0.15) is 0 Å². The summed E-state index contributed by atoms with van der Waals surface area (Å²) in [6.45, 7) is 13.2. The second-order valence-electron chi connectivity index (χ2n) is 5.20. The van der Waals surface area contributed by atoms with Gasteiger partial charge in [0.2, 0.25) is 0 Å². The smallest absolute Gasteiger partial charge is 0.00162 e. The molecule has 0 aliphatic carbocycles. The number of nitrogens with zero attached hydrogens (tertiary/aromatic N) is 1. The third-order valence-electron chi connectivity index (χ3n) is 3.50. The molecule has 0 saturated heterocycles. The minimum atomic E-state index is 0.898. The summed E-state index contributed by atoms with van der Waals surface area (Å²) in [6.07, 6.45) is 9.58. The molecule has 0 aromatic heterocycles. The molecule has 0 bridgehead atoms. The molecule has 0 heterocycles. The van der Waals surface area contributed by atoms with Gasteiger partial charge in [0, 0.05) is 0 Å². The summed E-state index contributed by atoms with van der Waals surface area (Å²) >= 11 is 0. The van der Waals surface area contributed by atoms with Crippen molar-refractivity contribution >= 4 is 0 Å². The minimum Gasteiger partial charge on any atom is -0.303 e. The van der Waals surface area contributed by atoms with E-state index >= 15 is 0 Å². The Bertz CT molecular complexity index is 133. The molecule has 0 amide bonds. The van der Waals surface area contributed by atoms with Crippen molar-refractivity contribution in [1.29, 1.82) is 0 Å². The van der Waals surface area contributed by atoms with Gasteiger partial charge in [-0.05, 0) is 44.8 Å². The van der Waals surface area contributed by atoms with E-state index in [0.29, 0.717) is 0 Å². The maximum Gasteiger partial charge on any atom is -0.00162 e. The third kappa shape index (κ3) is 9.21. The predicted octanol–water partition coefficient (Wildman–Crippen LogP) is 4.71. The molecule has 0 N–H and O–H groups in total. The Kier molecular flexibility index (Phi) is 11.4. The topological polar surface area (TPSA) is 3.24 Å². The first-order valence-corrected chi connectivity index (χ1v) is 7.46. The molecule has 1 unspecified atom stereocenters. The first-order chi connectivity index (χ1) is 7.74. The Hall–Kier alpha value is -0.0400. The first-order valence-electron chi connectivity index (χ1n) is 7.46. The Labute approximate surface area is 104 Å². The Morgan fingerprint density at radius 3 is 2.12 bits per heavy atom. The van der Waals surface area contributed by atoms with Crippen LogP contribution >= 0.6 is 0 Å². The Morgan fingerprint density at radius 1 is 0.812 bits per heavy atom. The van der Waals surface area contributed by atoms with Gasteiger partial charge in [-0.2, -0.15) is 0 Å². The maximum absolute atomic E-state index is 2.67. The maximum atomic E-state index is 2.67. The second-order valence-corrected chi connectivity index (χ2v) is 5.20. The highest BCUT2D eigenvalue weighted by molar-refractivity contribution is 4.60. The highest BCUT2D eigenvalue weighted by Crippen LogP contribution is 2.09. The molecule has 98 valence electrons. The predicted molar refractivity (Wildman–Crippen MR) is 74.9 cm³/mol. The molecule has 0 aromatic carbocycles. The fraction of sp³-hybridized carbons (Fsp3) is 1.00. The molecule has 0 aliphatic heterocycles.